The summed E-state index contributed by atoms with van der Waals surface area (Å²) in [5.41, 5.74) is 1.75. The summed E-state index contributed by atoms with van der Waals surface area (Å²) >= 11 is 0. The maximum absolute atomic E-state index is 5.45. The second-order valence-corrected chi connectivity index (χ2v) is 5.51. The minimum atomic E-state index is 0.379. The number of aryl methyl sites for hydroxylation is 1. The van der Waals surface area contributed by atoms with Gasteiger partial charge < -0.3 is 9.84 Å². The van der Waals surface area contributed by atoms with Crippen molar-refractivity contribution in [2.45, 2.75) is 44.2 Å². The first-order chi connectivity index (χ1) is 9.29. The molecule has 0 amide bonds. The van der Waals surface area contributed by atoms with Gasteiger partial charge in [0.25, 0.3) is 0 Å². The van der Waals surface area contributed by atoms with Gasteiger partial charge in [-0.1, -0.05) is 11.2 Å². The molecule has 0 saturated carbocycles. The van der Waals surface area contributed by atoms with Gasteiger partial charge in [0.2, 0.25) is 11.7 Å². The number of hydrogen-bond acceptors (Lipinski definition) is 5. The minimum absolute atomic E-state index is 0.379. The van der Waals surface area contributed by atoms with Crippen molar-refractivity contribution in [3.8, 4) is 11.5 Å². The highest BCUT2D eigenvalue weighted by molar-refractivity contribution is 5.48. The third kappa shape index (κ3) is 1.85. The molecule has 3 unspecified atom stereocenters. The van der Waals surface area contributed by atoms with Gasteiger partial charge in [-0.25, -0.2) is 4.98 Å². The topological polar surface area (TPSA) is 63.8 Å². The van der Waals surface area contributed by atoms with Crippen LogP contribution in [0.2, 0.25) is 0 Å². The lowest BCUT2D eigenvalue weighted by molar-refractivity contribution is 0.329. The fraction of sp³-hybridized carbons (Fsp3) is 0.500. The molecule has 5 nitrogen and oxygen atoms in total. The van der Waals surface area contributed by atoms with Crippen LogP contribution in [0, 0.1) is 6.92 Å². The Balaban J connectivity index is 1.63. The highest BCUT2D eigenvalue weighted by Crippen LogP contribution is 2.39. The van der Waals surface area contributed by atoms with E-state index in [1.807, 2.05) is 25.1 Å². The number of nitrogens with zero attached hydrogens (tertiary/aromatic N) is 3. The molecule has 2 fully saturated rings. The van der Waals surface area contributed by atoms with E-state index in [2.05, 4.69) is 20.4 Å². The van der Waals surface area contributed by atoms with Gasteiger partial charge in [-0.05, 0) is 38.3 Å². The third-order valence-corrected chi connectivity index (χ3v) is 4.18. The standard InChI is InChI=1S/C14H16N4O/c1-8-3-2-4-12(15-8)13-17-14(19-18-13)10-7-9-5-6-11(10)16-9/h2-4,9-11,16H,5-7H2,1H3. The molecule has 98 valence electrons. The minimum Gasteiger partial charge on any atom is -0.339 e. The lowest BCUT2D eigenvalue weighted by Gasteiger charge is -2.15. The highest BCUT2D eigenvalue weighted by Gasteiger charge is 2.42. The monoisotopic (exact) mass is 256 g/mol. The van der Waals surface area contributed by atoms with Gasteiger partial charge >= 0.3 is 0 Å². The summed E-state index contributed by atoms with van der Waals surface area (Å²) in [5.74, 6) is 1.74. The highest BCUT2D eigenvalue weighted by atomic mass is 16.5. The first-order valence-corrected chi connectivity index (χ1v) is 6.83. The van der Waals surface area contributed by atoms with Crippen LogP contribution in [0.3, 0.4) is 0 Å². The van der Waals surface area contributed by atoms with E-state index in [-0.39, 0.29) is 0 Å². The first-order valence-electron chi connectivity index (χ1n) is 6.83. The van der Waals surface area contributed by atoms with E-state index in [1.165, 1.54) is 12.8 Å². The van der Waals surface area contributed by atoms with Crippen LogP contribution >= 0.6 is 0 Å². The first kappa shape index (κ1) is 11.1. The fourth-order valence-corrected chi connectivity index (χ4v) is 3.25. The van der Waals surface area contributed by atoms with Crippen LogP contribution in [0.25, 0.3) is 11.5 Å². The van der Waals surface area contributed by atoms with E-state index in [9.17, 15) is 0 Å². The Morgan fingerprint density at radius 2 is 2.21 bits per heavy atom. The molecular formula is C14H16N4O. The molecule has 2 aliphatic rings. The molecule has 0 aliphatic carbocycles. The SMILES string of the molecule is Cc1cccc(-c2noc(C3CC4CCC3N4)n2)n1. The zero-order valence-corrected chi connectivity index (χ0v) is 10.8. The summed E-state index contributed by atoms with van der Waals surface area (Å²) in [5, 5.41) is 7.67. The van der Waals surface area contributed by atoms with Crippen molar-refractivity contribution in [3.63, 3.8) is 0 Å². The molecule has 1 N–H and O–H groups in total. The van der Waals surface area contributed by atoms with Crippen molar-refractivity contribution in [1.29, 1.82) is 0 Å². The maximum Gasteiger partial charge on any atom is 0.231 e. The third-order valence-electron chi connectivity index (χ3n) is 4.18. The van der Waals surface area contributed by atoms with Crippen LogP contribution in [0.1, 0.15) is 36.8 Å². The van der Waals surface area contributed by atoms with Crippen molar-refractivity contribution in [3.05, 3.63) is 29.8 Å². The lowest BCUT2D eigenvalue weighted by Crippen LogP contribution is -2.21. The molecule has 2 aromatic heterocycles. The smallest absolute Gasteiger partial charge is 0.231 e. The summed E-state index contributed by atoms with van der Waals surface area (Å²) in [6.07, 6.45) is 3.62. The number of pyridine rings is 1. The number of nitrogens with one attached hydrogen (secondary N) is 1. The molecule has 2 aliphatic heterocycles. The van der Waals surface area contributed by atoms with Crippen LogP contribution < -0.4 is 5.32 Å². The summed E-state index contributed by atoms with van der Waals surface area (Å²) in [4.78, 5) is 8.97. The molecule has 4 heterocycles. The van der Waals surface area contributed by atoms with Crippen LogP contribution in [0.4, 0.5) is 0 Å². The molecule has 2 aromatic rings. The van der Waals surface area contributed by atoms with Crippen LogP contribution in [-0.4, -0.2) is 27.2 Å². The largest absolute Gasteiger partial charge is 0.339 e. The molecule has 0 aromatic carbocycles. The predicted molar refractivity (Wildman–Crippen MR) is 69.6 cm³/mol. The van der Waals surface area contributed by atoms with Crippen molar-refractivity contribution in [1.82, 2.24) is 20.4 Å². The van der Waals surface area contributed by atoms with Crippen LogP contribution in [-0.2, 0) is 0 Å². The van der Waals surface area contributed by atoms with Crippen molar-refractivity contribution in [2.75, 3.05) is 0 Å². The van der Waals surface area contributed by atoms with E-state index in [0.717, 1.165) is 23.7 Å². The Kier molecular flexibility index (Phi) is 2.41. The molecule has 2 saturated heterocycles. The maximum atomic E-state index is 5.45. The zero-order valence-electron chi connectivity index (χ0n) is 10.8. The summed E-state index contributed by atoms with van der Waals surface area (Å²) in [6.45, 7) is 1.96. The summed E-state index contributed by atoms with van der Waals surface area (Å²) < 4.78 is 5.45. The second kappa shape index (κ2) is 4.13. The van der Waals surface area contributed by atoms with E-state index in [1.54, 1.807) is 0 Å². The quantitative estimate of drug-likeness (QED) is 0.891. The van der Waals surface area contributed by atoms with Crippen LogP contribution in [0.5, 0.6) is 0 Å². The molecule has 2 bridgehead atoms. The van der Waals surface area contributed by atoms with E-state index < -0.39 is 0 Å². The van der Waals surface area contributed by atoms with E-state index >= 15 is 0 Å². The average Bonchev–Trinajstić information content (AvgIpc) is 3.14. The molecule has 0 spiro atoms. The zero-order chi connectivity index (χ0) is 12.8. The molecule has 3 atom stereocenters. The Morgan fingerprint density at radius 1 is 1.26 bits per heavy atom. The van der Waals surface area contributed by atoms with Gasteiger partial charge in [-0.3, -0.25) is 0 Å². The van der Waals surface area contributed by atoms with Crippen molar-refractivity contribution in [2.24, 2.45) is 0 Å². The molecular weight excluding hydrogens is 240 g/mol. The Labute approximate surface area is 111 Å². The second-order valence-electron chi connectivity index (χ2n) is 5.51. The number of aromatic nitrogens is 3. The van der Waals surface area contributed by atoms with Gasteiger partial charge in [0.05, 0.1) is 5.92 Å². The molecule has 5 heteroatoms. The normalized spacial score (nSPS) is 29.0. The Bertz CT molecular complexity index is 609. The Morgan fingerprint density at radius 3 is 2.95 bits per heavy atom. The Hall–Kier alpha value is -1.75. The lowest BCUT2D eigenvalue weighted by atomic mass is 9.89. The number of fused-ring (bicyclic) bond motifs is 2. The average molecular weight is 256 g/mol. The van der Waals surface area contributed by atoms with Crippen molar-refractivity contribution < 1.29 is 4.52 Å². The van der Waals surface area contributed by atoms with Crippen molar-refractivity contribution >= 4 is 0 Å². The molecule has 19 heavy (non-hydrogen) atoms. The van der Waals surface area contributed by atoms with Crippen LogP contribution in [0.15, 0.2) is 22.7 Å². The van der Waals surface area contributed by atoms with Gasteiger partial charge in [0.15, 0.2) is 0 Å². The van der Waals surface area contributed by atoms with E-state index in [0.29, 0.717) is 23.8 Å². The number of rotatable bonds is 2. The fourth-order valence-electron chi connectivity index (χ4n) is 3.25. The summed E-state index contributed by atoms with van der Waals surface area (Å²) in [6, 6.07) is 7.00. The van der Waals surface area contributed by atoms with Gasteiger partial charge in [0, 0.05) is 17.8 Å². The number of hydrogen-bond donors (Lipinski definition) is 1. The van der Waals surface area contributed by atoms with E-state index in [4.69, 9.17) is 4.52 Å². The molecule has 4 rings (SSSR count). The van der Waals surface area contributed by atoms with Gasteiger partial charge in [-0.2, -0.15) is 4.98 Å². The summed E-state index contributed by atoms with van der Waals surface area (Å²) in [7, 11) is 0. The van der Waals surface area contributed by atoms with Gasteiger partial charge in [0.1, 0.15) is 5.69 Å². The van der Waals surface area contributed by atoms with Gasteiger partial charge in [-0.15, -0.1) is 0 Å². The molecule has 0 radical (unpaired) electrons. The predicted octanol–water partition coefficient (Wildman–Crippen LogP) is 2.05.